The Hall–Kier alpha value is -2.08. The second kappa shape index (κ2) is 7.21. The fourth-order valence-electron chi connectivity index (χ4n) is 3.07. The van der Waals surface area contributed by atoms with Crippen molar-refractivity contribution in [2.45, 2.75) is 26.3 Å². The van der Waals surface area contributed by atoms with Crippen molar-refractivity contribution in [1.82, 2.24) is 4.98 Å². The number of amides is 1. The van der Waals surface area contributed by atoms with Crippen molar-refractivity contribution in [2.75, 3.05) is 19.1 Å². The van der Waals surface area contributed by atoms with Crippen molar-refractivity contribution in [1.29, 1.82) is 0 Å². The molecule has 24 heavy (non-hydrogen) atoms. The second-order valence-corrected chi connectivity index (χ2v) is 7.06. The topological polar surface area (TPSA) is 51.7 Å². The van der Waals surface area contributed by atoms with Crippen molar-refractivity contribution in [2.24, 2.45) is 11.8 Å². The van der Waals surface area contributed by atoms with Gasteiger partial charge in [-0.2, -0.15) is 0 Å². The van der Waals surface area contributed by atoms with E-state index in [1.54, 1.807) is 25.3 Å². The molecule has 0 spiro atoms. The van der Waals surface area contributed by atoms with E-state index in [0.717, 1.165) is 29.3 Å². The summed E-state index contributed by atoms with van der Waals surface area (Å²) in [6.07, 6.45) is 3.65. The number of anilines is 1. The molecule has 1 fully saturated rings. The number of carbonyl (C=O) groups is 1. The lowest BCUT2D eigenvalue weighted by Crippen LogP contribution is -2.41. The van der Waals surface area contributed by atoms with Crippen LogP contribution in [0.1, 0.15) is 25.3 Å². The van der Waals surface area contributed by atoms with E-state index in [4.69, 9.17) is 9.47 Å². The van der Waals surface area contributed by atoms with Gasteiger partial charge in [-0.25, -0.2) is 4.98 Å². The molecule has 2 aromatic rings. The highest BCUT2D eigenvalue weighted by atomic mass is 32.1. The minimum atomic E-state index is 0.105. The number of benzene rings is 1. The molecular weight excluding hydrogens is 324 g/mol. The Labute approximate surface area is 146 Å². The first-order valence-corrected chi connectivity index (χ1v) is 8.92. The summed E-state index contributed by atoms with van der Waals surface area (Å²) in [7, 11) is 3.25. The van der Waals surface area contributed by atoms with Gasteiger partial charge in [0.1, 0.15) is 11.5 Å². The Morgan fingerprint density at radius 3 is 2.71 bits per heavy atom. The summed E-state index contributed by atoms with van der Waals surface area (Å²) in [5.41, 5.74) is 0.939. The Bertz CT molecular complexity index is 696. The quantitative estimate of drug-likeness (QED) is 0.799. The highest BCUT2D eigenvalue weighted by Gasteiger charge is 2.35. The van der Waals surface area contributed by atoms with E-state index in [9.17, 15) is 4.79 Å². The molecule has 5 nitrogen and oxygen atoms in total. The molecule has 6 heteroatoms. The molecule has 0 N–H and O–H groups in total. The van der Waals surface area contributed by atoms with E-state index in [1.807, 2.05) is 23.6 Å². The lowest BCUT2D eigenvalue weighted by atomic mass is 9.75. The molecule has 1 aromatic carbocycles. The van der Waals surface area contributed by atoms with E-state index in [0.29, 0.717) is 18.2 Å². The zero-order valence-corrected chi connectivity index (χ0v) is 15.0. The van der Waals surface area contributed by atoms with Crippen molar-refractivity contribution in [3.05, 3.63) is 35.3 Å². The second-order valence-electron chi connectivity index (χ2n) is 6.19. The summed E-state index contributed by atoms with van der Waals surface area (Å²) >= 11 is 1.48. The standard InChI is InChI=1S/C18H22N2O3S/c1-12-8-14(9-12)17(21)20(18-19-6-7-24-18)11-13-4-5-15(22-2)10-16(13)23-3/h4-7,10,12,14H,8-9,11H2,1-3H3. The summed E-state index contributed by atoms with van der Waals surface area (Å²) in [5, 5.41) is 2.63. The van der Waals surface area contributed by atoms with Crippen LogP contribution in [0, 0.1) is 11.8 Å². The molecule has 128 valence electrons. The van der Waals surface area contributed by atoms with Crippen LogP contribution in [0.15, 0.2) is 29.8 Å². The molecule has 0 radical (unpaired) electrons. The first kappa shape index (κ1) is 16.8. The van der Waals surface area contributed by atoms with Gasteiger partial charge in [0.15, 0.2) is 5.13 Å². The molecule has 0 saturated heterocycles. The van der Waals surface area contributed by atoms with Gasteiger partial charge in [-0.05, 0) is 30.9 Å². The fourth-order valence-corrected chi connectivity index (χ4v) is 3.71. The van der Waals surface area contributed by atoms with E-state index in [2.05, 4.69) is 11.9 Å². The molecule has 1 aliphatic carbocycles. The van der Waals surface area contributed by atoms with Gasteiger partial charge in [0.2, 0.25) is 5.91 Å². The van der Waals surface area contributed by atoms with E-state index >= 15 is 0 Å². The minimum absolute atomic E-state index is 0.105. The molecule has 1 saturated carbocycles. The molecular formula is C18H22N2O3S. The monoisotopic (exact) mass is 346 g/mol. The lowest BCUT2D eigenvalue weighted by Gasteiger charge is -2.35. The molecule has 1 amide bonds. The molecule has 0 aliphatic heterocycles. The largest absolute Gasteiger partial charge is 0.497 e. The third-order valence-corrected chi connectivity index (χ3v) is 5.26. The van der Waals surface area contributed by atoms with Crippen LogP contribution >= 0.6 is 11.3 Å². The molecule has 1 aromatic heterocycles. The van der Waals surface area contributed by atoms with Gasteiger partial charge in [0.05, 0.1) is 20.8 Å². The Kier molecular flexibility index (Phi) is 5.04. The number of hydrogen-bond donors (Lipinski definition) is 0. The van der Waals surface area contributed by atoms with Gasteiger partial charge in [-0.1, -0.05) is 6.92 Å². The van der Waals surface area contributed by atoms with Crippen LogP contribution in [0.4, 0.5) is 5.13 Å². The summed E-state index contributed by atoms with van der Waals surface area (Å²) in [5.74, 6) is 2.34. The number of nitrogens with zero attached hydrogens (tertiary/aromatic N) is 2. The summed E-state index contributed by atoms with van der Waals surface area (Å²) in [6.45, 7) is 2.63. The predicted octanol–water partition coefficient (Wildman–Crippen LogP) is 3.74. The van der Waals surface area contributed by atoms with Gasteiger partial charge < -0.3 is 9.47 Å². The van der Waals surface area contributed by atoms with Crippen LogP contribution in [0.5, 0.6) is 11.5 Å². The van der Waals surface area contributed by atoms with Gasteiger partial charge in [-0.3, -0.25) is 9.69 Å². The van der Waals surface area contributed by atoms with Crippen LogP contribution in [0.3, 0.4) is 0 Å². The highest BCUT2D eigenvalue weighted by Crippen LogP contribution is 2.37. The molecule has 3 rings (SSSR count). The van der Waals surface area contributed by atoms with Gasteiger partial charge in [-0.15, -0.1) is 11.3 Å². The maximum atomic E-state index is 12.9. The smallest absolute Gasteiger partial charge is 0.232 e. The maximum absolute atomic E-state index is 12.9. The number of ether oxygens (including phenoxy) is 2. The van der Waals surface area contributed by atoms with Gasteiger partial charge in [0.25, 0.3) is 0 Å². The third-order valence-electron chi connectivity index (χ3n) is 4.46. The first-order valence-electron chi connectivity index (χ1n) is 8.04. The van der Waals surface area contributed by atoms with Crippen LogP contribution < -0.4 is 14.4 Å². The van der Waals surface area contributed by atoms with E-state index in [-0.39, 0.29) is 11.8 Å². The average molecular weight is 346 g/mol. The van der Waals surface area contributed by atoms with E-state index < -0.39 is 0 Å². The van der Waals surface area contributed by atoms with Crippen LogP contribution in [0.25, 0.3) is 0 Å². The van der Waals surface area contributed by atoms with Crippen LogP contribution in [-0.2, 0) is 11.3 Å². The maximum Gasteiger partial charge on any atom is 0.232 e. The number of carbonyl (C=O) groups excluding carboxylic acids is 1. The normalized spacial score (nSPS) is 19.5. The van der Waals surface area contributed by atoms with Crippen LogP contribution in [0.2, 0.25) is 0 Å². The lowest BCUT2D eigenvalue weighted by molar-refractivity contribution is -0.126. The number of methoxy groups -OCH3 is 2. The van der Waals surface area contributed by atoms with Crippen molar-refractivity contribution in [3.63, 3.8) is 0 Å². The Morgan fingerprint density at radius 2 is 2.12 bits per heavy atom. The van der Waals surface area contributed by atoms with Crippen LogP contribution in [-0.4, -0.2) is 25.1 Å². The summed E-state index contributed by atoms with van der Waals surface area (Å²) < 4.78 is 10.7. The minimum Gasteiger partial charge on any atom is -0.497 e. The Morgan fingerprint density at radius 1 is 1.33 bits per heavy atom. The summed E-state index contributed by atoms with van der Waals surface area (Å²) in [4.78, 5) is 19.0. The highest BCUT2D eigenvalue weighted by molar-refractivity contribution is 7.13. The van der Waals surface area contributed by atoms with Gasteiger partial charge in [0, 0.05) is 29.1 Å². The number of hydrogen-bond acceptors (Lipinski definition) is 5. The van der Waals surface area contributed by atoms with Crippen molar-refractivity contribution in [3.8, 4) is 11.5 Å². The Balaban J connectivity index is 1.86. The van der Waals surface area contributed by atoms with Crippen molar-refractivity contribution >= 4 is 22.4 Å². The van der Waals surface area contributed by atoms with Crippen molar-refractivity contribution < 1.29 is 14.3 Å². The number of aromatic nitrogens is 1. The molecule has 1 heterocycles. The number of thiazole rings is 1. The van der Waals surface area contributed by atoms with Gasteiger partial charge >= 0.3 is 0 Å². The third kappa shape index (κ3) is 3.38. The van der Waals surface area contributed by atoms with E-state index in [1.165, 1.54) is 11.3 Å². The average Bonchev–Trinajstić information content (AvgIpc) is 3.10. The molecule has 0 unspecified atom stereocenters. The zero-order valence-electron chi connectivity index (χ0n) is 14.2. The molecule has 0 atom stereocenters. The predicted molar refractivity (Wildman–Crippen MR) is 94.7 cm³/mol. The fraction of sp³-hybridized carbons (Fsp3) is 0.444. The summed E-state index contributed by atoms with van der Waals surface area (Å²) in [6, 6.07) is 5.66. The zero-order chi connectivity index (χ0) is 17.1. The SMILES string of the molecule is COc1ccc(CN(C(=O)C2CC(C)C2)c2nccs2)c(OC)c1. The molecule has 0 bridgehead atoms. The number of rotatable bonds is 6. The first-order chi connectivity index (χ1) is 11.6. The molecule has 1 aliphatic rings.